The van der Waals surface area contributed by atoms with Crippen molar-refractivity contribution in [3.05, 3.63) is 62.1 Å². The average molecular weight is 425 g/mol. The Bertz CT molecular complexity index is 1260. The zero-order valence-electron chi connectivity index (χ0n) is 18.5. The van der Waals surface area contributed by atoms with Crippen molar-refractivity contribution >= 4 is 17.1 Å². The van der Waals surface area contributed by atoms with Crippen LogP contribution in [0.4, 0.5) is 0 Å². The van der Waals surface area contributed by atoms with Crippen molar-refractivity contribution in [2.45, 2.75) is 26.9 Å². The lowest BCUT2D eigenvalue weighted by Gasteiger charge is -2.34. The van der Waals surface area contributed by atoms with Crippen molar-refractivity contribution in [3.63, 3.8) is 0 Å². The molecule has 4 rings (SSSR count). The second kappa shape index (κ2) is 8.14. The minimum Gasteiger partial charge on any atom is -0.340 e. The molecule has 0 atom stereocenters. The normalized spacial score (nSPS) is 15.0. The number of carbonyl (C=O) groups excluding carboxylic acids is 1. The molecule has 1 aliphatic rings. The Morgan fingerprint density at radius 2 is 1.74 bits per heavy atom. The van der Waals surface area contributed by atoms with Gasteiger partial charge in [0, 0.05) is 53.7 Å². The van der Waals surface area contributed by atoms with Crippen LogP contribution in [-0.2, 0) is 32.0 Å². The summed E-state index contributed by atoms with van der Waals surface area (Å²) in [5.41, 5.74) is 2.31. The molecule has 164 valence electrons. The van der Waals surface area contributed by atoms with Crippen LogP contribution >= 0.6 is 0 Å². The van der Waals surface area contributed by atoms with Crippen molar-refractivity contribution in [2.75, 3.05) is 26.2 Å². The number of nitrogens with zero attached hydrogens (tertiary/aromatic N) is 6. The summed E-state index contributed by atoms with van der Waals surface area (Å²) in [5.74, 6) is 0.830. The lowest BCUT2D eigenvalue weighted by atomic mass is 10.1. The van der Waals surface area contributed by atoms with Crippen LogP contribution < -0.4 is 11.2 Å². The topological polar surface area (TPSA) is 85.4 Å². The van der Waals surface area contributed by atoms with Gasteiger partial charge in [-0.1, -0.05) is 29.8 Å². The molecule has 1 aromatic carbocycles. The van der Waals surface area contributed by atoms with E-state index in [0.29, 0.717) is 37.3 Å². The summed E-state index contributed by atoms with van der Waals surface area (Å²) in [7, 11) is 3.14. The fourth-order valence-corrected chi connectivity index (χ4v) is 4.20. The van der Waals surface area contributed by atoms with Crippen molar-refractivity contribution in [1.82, 2.24) is 28.5 Å². The van der Waals surface area contributed by atoms with Gasteiger partial charge in [-0.25, -0.2) is 9.78 Å². The molecule has 9 nitrogen and oxygen atoms in total. The highest BCUT2D eigenvalue weighted by Crippen LogP contribution is 2.17. The first-order chi connectivity index (χ1) is 14.8. The van der Waals surface area contributed by atoms with E-state index in [9.17, 15) is 14.4 Å². The molecule has 1 amide bonds. The number of rotatable bonds is 4. The summed E-state index contributed by atoms with van der Waals surface area (Å²) in [4.78, 5) is 45.9. The van der Waals surface area contributed by atoms with E-state index in [4.69, 9.17) is 4.98 Å². The predicted octanol–water partition coefficient (Wildman–Crippen LogP) is 0.455. The van der Waals surface area contributed by atoms with Gasteiger partial charge in [0.2, 0.25) is 5.91 Å². The number of imidazole rings is 1. The lowest BCUT2D eigenvalue weighted by molar-refractivity contribution is -0.130. The molecule has 3 aromatic rings. The molecular weight excluding hydrogens is 396 g/mol. The third-order valence-electron chi connectivity index (χ3n) is 6.03. The summed E-state index contributed by atoms with van der Waals surface area (Å²) in [6, 6.07) is 8.15. The zero-order valence-corrected chi connectivity index (χ0v) is 18.5. The third-order valence-corrected chi connectivity index (χ3v) is 6.03. The Hall–Kier alpha value is -3.20. The molecule has 0 unspecified atom stereocenters. The minimum atomic E-state index is -0.390. The molecule has 1 aliphatic heterocycles. The molecular formula is C22H28N6O3. The fraction of sp³-hybridized carbons (Fsp3) is 0.455. The predicted molar refractivity (Wildman–Crippen MR) is 118 cm³/mol. The van der Waals surface area contributed by atoms with E-state index in [1.54, 1.807) is 14.0 Å². The number of amides is 1. The van der Waals surface area contributed by atoms with Gasteiger partial charge < -0.3 is 9.47 Å². The maximum Gasteiger partial charge on any atom is 0.332 e. The summed E-state index contributed by atoms with van der Waals surface area (Å²) in [6.07, 6.45) is 0. The van der Waals surface area contributed by atoms with Gasteiger partial charge in [-0.05, 0) is 12.5 Å². The quantitative estimate of drug-likeness (QED) is 0.607. The Morgan fingerprint density at radius 3 is 2.39 bits per heavy atom. The second-order valence-corrected chi connectivity index (χ2v) is 8.26. The first-order valence-corrected chi connectivity index (χ1v) is 10.4. The van der Waals surface area contributed by atoms with E-state index in [-0.39, 0.29) is 17.2 Å². The number of aromatic nitrogens is 4. The number of carbonyl (C=O) groups is 1. The summed E-state index contributed by atoms with van der Waals surface area (Å²) >= 11 is 0. The lowest BCUT2D eigenvalue weighted by Crippen LogP contribution is -2.47. The molecule has 1 saturated heterocycles. The molecule has 0 N–H and O–H groups in total. The van der Waals surface area contributed by atoms with Crippen LogP contribution in [0.1, 0.15) is 23.9 Å². The smallest absolute Gasteiger partial charge is 0.332 e. The van der Waals surface area contributed by atoms with E-state index in [1.165, 1.54) is 11.6 Å². The largest absolute Gasteiger partial charge is 0.340 e. The summed E-state index contributed by atoms with van der Waals surface area (Å²) in [5, 5.41) is 0. The van der Waals surface area contributed by atoms with Crippen LogP contribution in [0.2, 0.25) is 0 Å². The number of aryl methyl sites for hydroxylation is 2. The highest BCUT2D eigenvalue weighted by atomic mass is 16.2. The van der Waals surface area contributed by atoms with Crippen molar-refractivity contribution in [1.29, 1.82) is 0 Å². The molecule has 0 bridgehead atoms. The van der Waals surface area contributed by atoms with Crippen LogP contribution in [-0.4, -0.2) is 60.6 Å². The summed E-state index contributed by atoms with van der Waals surface area (Å²) in [6.45, 7) is 7.49. The SMILES string of the molecule is CC(=O)N1CCN(Cc2nc3c(c(=O)n(C)c(=O)n3C)n2Cc2cccc(C)c2)CC1. The standard InChI is InChI=1S/C22H28N6O3/c1-15-6-5-7-17(12-15)13-28-18(14-26-8-10-27(11-9-26)16(2)29)23-20-19(28)21(30)25(4)22(31)24(20)3/h5-7,12H,8-11,13-14H2,1-4H3. The number of piperazine rings is 1. The van der Waals surface area contributed by atoms with Crippen LogP contribution in [0.15, 0.2) is 33.9 Å². The fourth-order valence-electron chi connectivity index (χ4n) is 4.20. The van der Waals surface area contributed by atoms with Crippen molar-refractivity contribution in [3.8, 4) is 0 Å². The molecule has 1 fully saturated rings. The number of hydrogen-bond donors (Lipinski definition) is 0. The van der Waals surface area contributed by atoms with Crippen LogP contribution in [0.3, 0.4) is 0 Å². The van der Waals surface area contributed by atoms with Gasteiger partial charge in [0.25, 0.3) is 5.56 Å². The monoisotopic (exact) mass is 424 g/mol. The molecule has 2 aromatic heterocycles. The molecule has 0 spiro atoms. The number of hydrogen-bond acceptors (Lipinski definition) is 5. The Morgan fingerprint density at radius 1 is 1.03 bits per heavy atom. The molecule has 31 heavy (non-hydrogen) atoms. The Balaban J connectivity index is 1.78. The molecule has 9 heteroatoms. The number of benzene rings is 1. The van der Waals surface area contributed by atoms with E-state index >= 15 is 0 Å². The summed E-state index contributed by atoms with van der Waals surface area (Å²) < 4.78 is 4.50. The Kier molecular flexibility index (Phi) is 5.53. The molecule has 0 radical (unpaired) electrons. The third kappa shape index (κ3) is 3.93. The Labute approximate surface area is 180 Å². The number of fused-ring (bicyclic) bond motifs is 1. The van der Waals surface area contributed by atoms with E-state index in [0.717, 1.165) is 34.6 Å². The van der Waals surface area contributed by atoms with Crippen LogP contribution in [0, 0.1) is 6.92 Å². The van der Waals surface area contributed by atoms with E-state index in [1.807, 2.05) is 34.6 Å². The van der Waals surface area contributed by atoms with Gasteiger partial charge >= 0.3 is 5.69 Å². The molecule has 0 aliphatic carbocycles. The van der Waals surface area contributed by atoms with Gasteiger partial charge in [-0.3, -0.25) is 23.6 Å². The van der Waals surface area contributed by atoms with Crippen molar-refractivity contribution < 1.29 is 4.79 Å². The van der Waals surface area contributed by atoms with E-state index < -0.39 is 0 Å². The van der Waals surface area contributed by atoms with Gasteiger partial charge in [-0.2, -0.15) is 0 Å². The van der Waals surface area contributed by atoms with Crippen molar-refractivity contribution in [2.24, 2.45) is 14.1 Å². The maximum atomic E-state index is 13.0. The highest BCUT2D eigenvalue weighted by molar-refractivity contribution is 5.73. The first kappa shape index (κ1) is 21.0. The maximum absolute atomic E-state index is 13.0. The van der Waals surface area contributed by atoms with Crippen LogP contribution in [0.25, 0.3) is 11.2 Å². The van der Waals surface area contributed by atoms with Gasteiger partial charge in [-0.15, -0.1) is 0 Å². The van der Waals surface area contributed by atoms with E-state index in [2.05, 4.69) is 11.0 Å². The molecule has 3 heterocycles. The second-order valence-electron chi connectivity index (χ2n) is 8.26. The minimum absolute atomic E-state index is 0.0878. The average Bonchev–Trinajstić information content (AvgIpc) is 3.09. The molecule has 0 saturated carbocycles. The van der Waals surface area contributed by atoms with Gasteiger partial charge in [0.15, 0.2) is 11.2 Å². The zero-order chi connectivity index (χ0) is 22.3. The highest BCUT2D eigenvalue weighted by Gasteiger charge is 2.23. The van der Waals surface area contributed by atoms with Gasteiger partial charge in [0.1, 0.15) is 5.82 Å². The first-order valence-electron chi connectivity index (χ1n) is 10.4. The van der Waals surface area contributed by atoms with Crippen LogP contribution in [0.5, 0.6) is 0 Å². The van der Waals surface area contributed by atoms with Gasteiger partial charge in [0.05, 0.1) is 6.54 Å².